The van der Waals surface area contributed by atoms with Crippen LogP contribution in [0.3, 0.4) is 0 Å². The number of anilines is 2. The number of ether oxygens (including phenoxy) is 3. The first-order valence-corrected chi connectivity index (χ1v) is 28.5. The minimum atomic E-state index is -0.988. The lowest BCUT2D eigenvalue weighted by Gasteiger charge is -2.30. The second-order valence-electron chi connectivity index (χ2n) is 21.7. The second-order valence-corrected chi connectivity index (χ2v) is 23.2. The third-order valence-electron chi connectivity index (χ3n) is 16.0. The zero-order chi connectivity index (χ0) is 57.1. The molecule has 0 unspecified atom stereocenters. The van der Waals surface area contributed by atoms with Crippen molar-refractivity contribution < 1.29 is 42.1 Å². The molecule has 5 aromatic carbocycles. The zero-order valence-corrected chi connectivity index (χ0v) is 46.5. The molecule has 12 rings (SSSR count). The maximum absolute atomic E-state index is 15.6. The smallest absolute Gasteiger partial charge is 0.319 e. The number of aromatic nitrogens is 5. The number of piperazine rings is 1. The zero-order valence-electron chi connectivity index (χ0n) is 44.9. The number of carbonyl (C=O) groups is 2. The Hall–Kier alpha value is -7.87. The number of nitriles is 1. The molecular formula is C60H57ClF3N11O6S. The number of fused-ring (bicyclic) bond motifs is 4. The standard InChI is InChI=1S/C60H57ClF3N11O6S/c1-30(2)53(59(78)74-27-38(76)22-48(74)58(77)68-31(3)33-11-13-35(14-12-33)49-44(62)5-4-6-45(49)63)75-28-47(71-72-75)34-9-7-32(8-10-34)29-80-54-51(40-15-16-46(64)55-50(40)42(24-65)56(66)82-55)43(61)23-41-52(54)69-60(81-39-17-19-79-20-18-39)70-57(41)73-26-36-21-37(73)25-67-36/h4-16,23,28,30-31,36-39,48,53,67,76H,17-22,25-27,29,66H2,1-3H3,(H,68,77)/t31-,36-,37-,38+,48-,53-/m0/s1. The first-order valence-electron chi connectivity index (χ1n) is 27.3. The minimum Gasteiger partial charge on any atom is -0.486 e. The number of aliphatic hydroxyl groups excluding tert-OH is 1. The number of likely N-dealkylation sites (tertiary alicyclic amines) is 1. The summed E-state index contributed by atoms with van der Waals surface area (Å²) in [6.07, 6.45) is 2.83. The topological polar surface area (TPSA) is 219 Å². The van der Waals surface area contributed by atoms with Crippen molar-refractivity contribution in [2.24, 2.45) is 5.92 Å². The summed E-state index contributed by atoms with van der Waals surface area (Å²) in [5.41, 5.74) is 10.5. The number of thiophene rings is 1. The van der Waals surface area contributed by atoms with Crippen molar-refractivity contribution in [2.75, 3.05) is 43.5 Å². The lowest BCUT2D eigenvalue weighted by molar-refractivity contribution is -0.142. The van der Waals surface area contributed by atoms with Gasteiger partial charge in [0.15, 0.2) is 5.75 Å². The Morgan fingerprint density at radius 2 is 1.71 bits per heavy atom. The van der Waals surface area contributed by atoms with Crippen LogP contribution >= 0.6 is 22.9 Å². The van der Waals surface area contributed by atoms with Crippen LogP contribution in [-0.4, -0.2) is 110 Å². The van der Waals surface area contributed by atoms with Crippen LogP contribution in [0.1, 0.15) is 75.2 Å². The van der Waals surface area contributed by atoms with E-state index in [4.69, 9.17) is 41.5 Å². The molecule has 17 nitrogen and oxygen atoms in total. The number of amides is 2. The molecule has 0 saturated carbocycles. The average molecular weight is 1150 g/mol. The SMILES string of the molecule is CC(C)[C@@H](C(=O)N1C[C@H](O)C[C@H]1C(=O)N[C@@H](C)c1ccc(-c2c(F)cccc2F)cc1)n1cc(-c2ccc(COc3c(-c4ccc(F)c5sc(N)c(C#N)c45)c(Cl)cc4c(N5C[C@@H]6C[C@H]5CN6)nc(OC5CCOCC5)nc34)cc2)nn1. The number of benzene rings is 5. The van der Waals surface area contributed by atoms with Gasteiger partial charge >= 0.3 is 6.01 Å². The quantitative estimate of drug-likeness (QED) is 0.0751. The van der Waals surface area contributed by atoms with E-state index in [1.165, 1.54) is 33.8 Å². The fourth-order valence-electron chi connectivity index (χ4n) is 11.9. The number of nitrogens with zero attached hydrogens (tertiary/aromatic N) is 8. The van der Waals surface area contributed by atoms with E-state index in [0.717, 1.165) is 29.9 Å². The Kier molecular flexibility index (Phi) is 15.0. The molecule has 6 atom stereocenters. The van der Waals surface area contributed by atoms with Gasteiger partial charge in [0.05, 0.1) is 52.4 Å². The summed E-state index contributed by atoms with van der Waals surface area (Å²) < 4.78 is 65.4. The molecule has 4 aliphatic rings. The third-order valence-corrected chi connectivity index (χ3v) is 17.3. The van der Waals surface area contributed by atoms with Crippen molar-refractivity contribution in [2.45, 2.75) is 95.5 Å². The van der Waals surface area contributed by atoms with Gasteiger partial charge in [0.2, 0.25) is 11.8 Å². The number of rotatable bonds is 15. The number of aliphatic hydroxyl groups is 1. The lowest BCUT2D eigenvalue weighted by atomic mass is 9.96. The van der Waals surface area contributed by atoms with Gasteiger partial charge in [0.25, 0.3) is 0 Å². The molecule has 7 heterocycles. The van der Waals surface area contributed by atoms with E-state index < -0.39 is 53.5 Å². The van der Waals surface area contributed by atoms with Gasteiger partial charge in [-0.3, -0.25) is 9.59 Å². The highest BCUT2D eigenvalue weighted by molar-refractivity contribution is 7.23. The van der Waals surface area contributed by atoms with E-state index in [9.17, 15) is 28.7 Å². The fraction of sp³-hybridized carbons (Fsp3) is 0.350. The maximum Gasteiger partial charge on any atom is 0.319 e. The normalized spacial score (nSPS) is 19.8. The molecule has 0 spiro atoms. The summed E-state index contributed by atoms with van der Waals surface area (Å²) in [5.74, 6) is -2.17. The number of nitrogen functional groups attached to an aromatic ring is 1. The Morgan fingerprint density at radius 1 is 0.963 bits per heavy atom. The number of nitrogens with one attached hydrogen (secondary N) is 2. The summed E-state index contributed by atoms with van der Waals surface area (Å²) in [6.45, 7) is 8.02. The second kappa shape index (κ2) is 22.5. The number of nitrogens with two attached hydrogens (primary N) is 1. The van der Waals surface area contributed by atoms with Crippen LogP contribution in [0.5, 0.6) is 11.8 Å². The molecule has 2 amide bonds. The van der Waals surface area contributed by atoms with Gasteiger partial charge in [0, 0.05) is 72.9 Å². The van der Waals surface area contributed by atoms with Crippen molar-refractivity contribution in [3.63, 3.8) is 0 Å². The Balaban J connectivity index is 0.814. The molecule has 82 heavy (non-hydrogen) atoms. The maximum atomic E-state index is 15.6. The van der Waals surface area contributed by atoms with Crippen molar-refractivity contribution in [1.82, 2.24) is 40.5 Å². The van der Waals surface area contributed by atoms with Crippen LogP contribution in [0.25, 0.3) is 54.5 Å². The van der Waals surface area contributed by atoms with Crippen LogP contribution in [0.15, 0.2) is 91.1 Å². The van der Waals surface area contributed by atoms with Crippen molar-refractivity contribution in [1.29, 1.82) is 5.26 Å². The van der Waals surface area contributed by atoms with E-state index >= 15 is 4.39 Å². The van der Waals surface area contributed by atoms with Crippen LogP contribution in [0.4, 0.5) is 24.0 Å². The van der Waals surface area contributed by atoms with Crippen molar-refractivity contribution in [3.05, 3.63) is 130 Å². The van der Waals surface area contributed by atoms with E-state index in [1.54, 1.807) is 49.5 Å². The Bertz CT molecular complexity index is 3800. The number of hydrogen-bond donors (Lipinski definition) is 4. The predicted molar refractivity (Wildman–Crippen MR) is 305 cm³/mol. The molecule has 22 heteroatoms. The van der Waals surface area contributed by atoms with Gasteiger partial charge in [-0.25, -0.2) is 17.9 Å². The van der Waals surface area contributed by atoms with Gasteiger partial charge in [-0.1, -0.05) is 91.3 Å². The molecule has 422 valence electrons. The average Bonchev–Trinajstić information content (AvgIpc) is 4.11. The van der Waals surface area contributed by atoms with E-state index in [-0.39, 0.29) is 81.3 Å². The van der Waals surface area contributed by atoms with Gasteiger partial charge in [0.1, 0.15) is 70.3 Å². The van der Waals surface area contributed by atoms with E-state index in [0.29, 0.717) is 88.2 Å². The van der Waals surface area contributed by atoms with Gasteiger partial charge < -0.3 is 45.5 Å². The number of halogens is 4. The first kappa shape index (κ1) is 54.7. The largest absolute Gasteiger partial charge is 0.486 e. The van der Waals surface area contributed by atoms with E-state index in [1.807, 2.05) is 38.1 Å². The van der Waals surface area contributed by atoms with Gasteiger partial charge in [-0.15, -0.1) is 16.4 Å². The third kappa shape index (κ3) is 10.3. The molecule has 4 saturated heterocycles. The summed E-state index contributed by atoms with van der Waals surface area (Å²) in [5, 5.41) is 38.0. The minimum absolute atomic E-state index is 0.00653. The number of β-amino-alcohol motifs (C(OH)–C–C–N with tert-alkyl or cyclic N) is 1. The molecule has 3 aromatic heterocycles. The number of hydrogen-bond acceptors (Lipinski definition) is 15. The highest BCUT2D eigenvalue weighted by atomic mass is 35.5. The predicted octanol–water partition coefficient (Wildman–Crippen LogP) is 9.69. The molecular weight excluding hydrogens is 1100 g/mol. The Morgan fingerprint density at radius 3 is 2.40 bits per heavy atom. The van der Waals surface area contributed by atoms with Crippen LogP contribution < -0.4 is 30.7 Å². The van der Waals surface area contributed by atoms with Gasteiger partial charge in [-0.2, -0.15) is 15.2 Å². The summed E-state index contributed by atoms with van der Waals surface area (Å²) in [4.78, 5) is 42.3. The van der Waals surface area contributed by atoms with Crippen molar-refractivity contribution >= 4 is 66.6 Å². The van der Waals surface area contributed by atoms with Crippen LogP contribution in [-0.2, 0) is 20.9 Å². The van der Waals surface area contributed by atoms with Crippen molar-refractivity contribution in [3.8, 4) is 51.3 Å². The fourth-order valence-corrected chi connectivity index (χ4v) is 13.1. The van der Waals surface area contributed by atoms with Gasteiger partial charge in [-0.05, 0) is 65.8 Å². The molecule has 0 aliphatic carbocycles. The molecule has 4 fully saturated rings. The van der Waals surface area contributed by atoms with E-state index in [2.05, 4.69) is 31.9 Å². The lowest BCUT2D eigenvalue weighted by Crippen LogP contribution is -2.49. The monoisotopic (exact) mass is 1150 g/mol. The molecule has 8 aromatic rings. The highest BCUT2D eigenvalue weighted by Crippen LogP contribution is 2.50. The molecule has 2 bridgehead atoms. The molecule has 4 aliphatic heterocycles. The first-order chi connectivity index (χ1) is 39.6. The highest BCUT2D eigenvalue weighted by Gasteiger charge is 2.44. The summed E-state index contributed by atoms with van der Waals surface area (Å²) in [7, 11) is 0. The van der Waals surface area contributed by atoms with Crippen LogP contribution in [0.2, 0.25) is 5.02 Å². The molecule has 0 radical (unpaired) electrons. The summed E-state index contributed by atoms with van der Waals surface area (Å²) >= 11 is 8.39. The van der Waals surface area contributed by atoms with Crippen LogP contribution in [0, 0.1) is 34.7 Å². The summed E-state index contributed by atoms with van der Waals surface area (Å²) in [6, 6.07) is 22.7. The Labute approximate surface area is 478 Å². The molecule has 5 N–H and O–H groups in total. The number of carbonyl (C=O) groups excluding carboxylic acids is 2.